The van der Waals surface area contributed by atoms with Crippen molar-refractivity contribution in [3.8, 4) is 0 Å². The Bertz CT molecular complexity index is 377. The van der Waals surface area contributed by atoms with Crippen molar-refractivity contribution < 1.29 is 0 Å². The molecule has 0 amide bonds. The van der Waals surface area contributed by atoms with Crippen molar-refractivity contribution in [3.05, 3.63) is 23.9 Å². The fourth-order valence-corrected chi connectivity index (χ4v) is 4.11. The monoisotopic (exact) mass is 278 g/mol. The van der Waals surface area contributed by atoms with E-state index in [1.165, 1.54) is 36.3 Å². The maximum atomic E-state index is 4.62. The van der Waals surface area contributed by atoms with Gasteiger partial charge in [0.2, 0.25) is 0 Å². The number of rotatable bonds is 5. The molecule has 3 unspecified atom stereocenters. The summed E-state index contributed by atoms with van der Waals surface area (Å²) in [6, 6.07) is 4.80. The van der Waals surface area contributed by atoms with Crippen LogP contribution in [0, 0.1) is 5.92 Å². The molecule has 0 spiro atoms. The van der Waals surface area contributed by atoms with Crippen LogP contribution in [0.25, 0.3) is 0 Å². The Morgan fingerprint density at radius 2 is 2.26 bits per heavy atom. The van der Waals surface area contributed by atoms with E-state index in [4.69, 9.17) is 0 Å². The number of hydrogen-bond acceptors (Lipinski definition) is 3. The van der Waals surface area contributed by atoms with E-state index in [1.807, 2.05) is 18.0 Å². The lowest BCUT2D eigenvalue weighted by atomic mass is 9.91. The normalized spacial score (nSPS) is 25.2. The van der Waals surface area contributed by atoms with Crippen LogP contribution in [0.4, 0.5) is 0 Å². The molecule has 1 aliphatic carbocycles. The van der Waals surface area contributed by atoms with Crippen LogP contribution in [0.2, 0.25) is 0 Å². The second kappa shape index (κ2) is 7.30. The molecule has 0 aliphatic heterocycles. The standard InChI is InChI=1S/C16H26N2S/c1-4-17-13(3)14-8-9-16(18-11-14)19-15-7-5-6-12(2)10-15/h8-9,11-13,15,17H,4-7,10H2,1-3H3. The Balaban J connectivity index is 1.91. The first-order chi connectivity index (χ1) is 9.19. The minimum atomic E-state index is 0.395. The van der Waals surface area contributed by atoms with Crippen molar-refractivity contribution in [3.63, 3.8) is 0 Å². The van der Waals surface area contributed by atoms with Gasteiger partial charge in [-0.25, -0.2) is 4.98 Å². The molecule has 3 heteroatoms. The first kappa shape index (κ1) is 14.9. The van der Waals surface area contributed by atoms with E-state index in [-0.39, 0.29) is 0 Å². The van der Waals surface area contributed by atoms with Gasteiger partial charge in [0.1, 0.15) is 0 Å². The molecule has 3 atom stereocenters. The van der Waals surface area contributed by atoms with Gasteiger partial charge in [-0.2, -0.15) is 0 Å². The Morgan fingerprint density at radius 1 is 1.42 bits per heavy atom. The lowest BCUT2D eigenvalue weighted by Crippen LogP contribution is -2.18. The van der Waals surface area contributed by atoms with Gasteiger partial charge >= 0.3 is 0 Å². The zero-order valence-corrected chi connectivity index (χ0v) is 13.2. The molecule has 2 rings (SSSR count). The fraction of sp³-hybridized carbons (Fsp3) is 0.688. The van der Waals surface area contributed by atoms with Crippen molar-refractivity contribution in [2.45, 2.75) is 62.8 Å². The van der Waals surface area contributed by atoms with Gasteiger partial charge in [-0.3, -0.25) is 0 Å². The van der Waals surface area contributed by atoms with Crippen LogP contribution in [0.1, 0.15) is 58.1 Å². The van der Waals surface area contributed by atoms with Crippen LogP contribution in [0.15, 0.2) is 23.4 Å². The summed E-state index contributed by atoms with van der Waals surface area (Å²) in [4.78, 5) is 4.62. The van der Waals surface area contributed by atoms with E-state index in [0.717, 1.165) is 17.7 Å². The number of nitrogens with one attached hydrogen (secondary N) is 1. The van der Waals surface area contributed by atoms with Gasteiger partial charge in [0.15, 0.2) is 0 Å². The predicted molar refractivity (Wildman–Crippen MR) is 83.6 cm³/mol. The lowest BCUT2D eigenvalue weighted by Gasteiger charge is -2.25. The molecule has 19 heavy (non-hydrogen) atoms. The number of aromatic nitrogens is 1. The zero-order chi connectivity index (χ0) is 13.7. The fourth-order valence-electron chi connectivity index (χ4n) is 2.80. The quantitative estimate of drug-likeness (QED) is 0.863. The Morgan fingerprint density at radius 3 is 2.89 bits per heavy atom. The maximum Gasteiger partial charge on any atom is 0.0962 e. The summed E-state index contributed by atoms with van der Waals surface area (Å²) in [6.07, 6.45) is 7.52. The van der Waals surface area contributed by atoms with Gasteiger partial charge in [-0.05, 0) is 43.9 Å². The van der Waals surface area contributed by atoms with E-state index in [0.29, 0.717) is 6.04 Å². The van der Waals surface area contributed by atoms with Crippen LogP contribution in [-0.4, -0.2) is 16.8 Å². The minimum Gasteiger partial charge on any atom is -0.310 e. The van der Waals surface area contributed by atoms with Crippen LogP contribution in [-0.2, 0) is 0 Å². The highest BCUT2D eigenvalue weighted by atomic mass is 32.2. The Hall–Kier alpha value is -0.540. The third kappa shape index (κ3) is 4.50. The first-order valence-electron chi connectivity index (χ1n) is 7.55. The SMILES string of the molecule is CCNC(C)c1ccc(SC2CCCC(C)C2)nc1. The summed E-state index contributed by atoms with van der Waals surface area (Å²) in [5.74, 6) is 0.888. The van der Waals surface area contributed by atoms with Crippen molar-refractivity contribution >= 4 is 11.8 Å². The first-order valence-corrected chi connectivity index (χ1v) is 8.43. The molecule has 1 N–H and O–H groups in total. The van der Waals surface area contributed by atoms with Crippen molar-refractivity contribution in [1.29, 1.82) is 0 Å². The third-order valence-corrected chi connectivity index (χ3v) is 5.19. The van der Waals surface area contributed by atoms with Crippen molar-refractivity contribution in [2.24, 2.45) is 5.92 Å². The molecule has 2 nitrogen and oxygen atoms in total. The predicted octanol–water partition coefficient (Wildman–Crippen LogP) is 4.42. The smallest absolute Gasteiger partial charge is 0.0962 e. The number of thioether (sulfide) groups is 1. The molecule has 0 radical (unpaired) electrons. The zero-order valence-electron chi connectivity index (χ0n) is 12.4. The number of pyridine rings is 1. The average molecular weight is 278 g/mol. The molecule has 1 fully saturated rings. The molecular weight excluding hydrogens is 252 g/mol. The van der Waals surface area contributed by atoms with E-state index in [2.05, 4.69) is 43.2 Å². The van der Waals surface area contributed by atoms with Crippen LogP contribution in [0.5, 0.6) is 0 Å². The summed E-state index contributed by atoms with van der Waals surface area (Å²) >= 11 is 1.97. The lowest BCUT2D eigenvalue weighted by molar-refractivity contribution is 0.394. The molecule has 1 heterocycles. The highest BCUT2D eigenvalue weighted by Crippen LogP contribution is 2.35. The van der Waals surface area contributed by atoms with Crippen LogP contribution >= 0.6 is 11.8 Å². The highest BCUT2D eigenvalue weighted by molar-refractivity contribution is 7.99. The average Bonchev–Trinajstić information content (AvgIpc) is 2.40. The molecule has 1 aromatic heterocycles. The molecule has 1 saturated carbocycles. The van der Waals surface area contributed by atoms with E-state index in [9.17, 15) is 0 Å². The molecular formula is C16H26N2S. The summed E-state index contributed by atoms with van der Waals surface area (Å²) < 4.78 is 0. The molecule has 0 aromatic carbocycles. The topological polar surface area (TPSA) is 24.9 Å². The summed E-state index contributed by atoms with van der Waals surface area (Å²) in [6.45, 7) is 7.70. The second-order valence-corrected chi connectivity index (χ2v) is 7.04. The summed E-state index contributed by atoms with van der Waals surface area (Å²) in [7, 11) is 0. The Kier molecular flexibility index (Phi) is 5.71. The summed E-state index contributed by atoms with van der Waals surface area (Å²) in [5.41, 5.74) is 1.28. The van der Waals surface area contributed by atoms with Crippen molar-refractivity contribution in [1.82, 2.24) is 10.3 Å². The molecule has 1 aliphatic rings. The third-order valence-electron chi connectivity index (χ3n) is 3.95. The van der Waals surface area contributed by atoms with Crippen LogP contribution in [0.3, 0.4) is 0 Å². The van der Waals surface area contributed by atoms with Gasteiger partial charge in [0.25, 0.3) is 0 Å². The molecule has 0 bridgehead atoms. The Labute approximate surface area is 121 Å². The number of hydrogen-bond donors (Lipinski definition) is 1. The molecule has 106 valence electrons. The second-order valence-electron chi connectivity index (χ2n) is 5.72. The maximum absolute atomic E-state index is 4.62. The van der Waals surface area contributed by atoms with Gasteiger partial charge in [-0.1, -0.05) is 32.8 Å². The van der Waals surface area contributed by atoms with E-state index >= 15 is 0 Å². The molecule has 0 saturated heterocycles. The largest absolute Gasteiger partial charge is 0.310 e. The van der Waals surface area contributed by atoms with Crippen LogP contribution < -0.4 is 5.32 Å². The van der Waals surface area contributed by atoms with Gasteiger partial charge in [-0.15, -0.1) is 11.8 Å². The summed E-state index contributed by atoms with van der Waals surface area (Å²) in [5, 5.41) is 5.38. The number of nitrogens with zero attached hydrogens (tertiary/aromatic N) is 1. The van der Waals surface area contributed by atoms with E-state index < -0.39 is 0 Å². The minimum absolute atomic E-state index is 0.395. The van der Waals surface area contributed by atoms with Gasteiger partial charge in [0, 0.05) is 17.5 Å². The van der Waals surface area contributed by atoms with E-state index in [1.54, 1.807) is 0 Å². The molecule has 1 aromatic rings. The van der Waals surface area contributed by atoms with Gasteiger partial charge < -0.3 is 5.32 Å². The highest BCUT2D eigenvalue weighted by Gasteiger charge is 2.20. The van der Waals surface area contributed by atoms with Gasteiger partial charge in [0.05, 0.1) is 5.03 Å². The van der Waals surface area contributed by atoms with Crippen molar-refractivity contribution in [2.75, 3.05) is 6.54 Å².